The van der Waals surface area contributed by atoms with Gasteiger partial charge in [-0.15, -0.1) is 0 Å². The first kappa shape index (κ1) is 23.2. The maximum atomic E-state index is 12.8. The molecule has 0 bridgehead atoms. The maximum Gasteiger partial charge on any atom is 0.339 e. The summed E-state index contributed by atoms with van der Waals surface area (Å²) in [7, 11) is 1.32. The van der Waals surface area contributed by atoms with Crippen molar-refractivity contribution in [3.63, 3.8) is 0 Å². The molecule has 1 amide bonds. The number of nitrogens with one attached hydrogen (secondary N) is 1. The highest BCUT2D eigenvalue weighted by Gasteiger charge is 2.30. The number of hydrogen-bond acceptors (Lipinski definition) is 9. The predicted octanol–water partition coefficient (Wildman–Crippen LogP) is 2.16. The number of rotatable bonds is 6. The molecule has 0 spiro atoms. The van der Waals surface area contributed by atoms with E-state index in [0.717, 1.165) is 12.1 Å². The molecule has 1 aromatic carbocycles. The molecule has 3 heterocycles. The molecule has 2 aliphatic heterocycles. The summed E-state index contributed by atoms with van der Waals surface area (Å²) in [6, 6.07) is 5.75. The highest BCUT2D eigenvalue weighted by Crippen LogP contribution is 2.25. The first-order valence-corrected chi connectivity index (χ1v) is 11.0. The molecule has 4 rings (SSSR count). The fourth-order valence-electron chi connectivity index (χ4n) is 3.94. The fourth-order valence-corrected chi connectivity index (χ4v) is 3.94. The number of morpholine rings is 2. The Bertz CT molecular complexity index is 999. The number of carbonyl (C=O) groups is 2. The number of nitrogens with zero attached hydrogens (tertiary/aromatic N) is 3. The number of hydrogen-bond donors (Lipinski definition) is 1. The number of oxazole rings is 1. The van der Waals surface area contributed by atoms with Gasteiger partial charge in [-0.25, -0.2) is 4.79 Å². The quantitative estimate of drug-likeness (QED) is 0.652. The zero-order valence-electron chi connectivity index (χ0n) is 19.3. The van der Waals surface area contributed by atoms with E-state index >= 15 is 0 Å². The highest BCUT2D eigenvalue weighted by atomic mass is 16.5. The van der Waals surface area contributed by atoms with E-state index in [9.17, 15) is 9.59 Å². The number of amides is 1. The van der Waals surface area contributed by atoms with E-state index in [2.05, 4.69) is 29.0 Å². The molecule has 0 aliphatic carbocycles. The molecule has 178 valence electrons. The number of benzene rings is 1. The SMILES string of the molecule is COC(=O)c1cc(CN2CCOCC2(C)C)ccc1NC(=O)c1coc(N2CCOCC2)n1. The summed E-state index contributed by atoms with van der Waals surface area (Å²) in [6.07, 6.45) is 1.31. The molecule has 2 fully saturated rings. The van der Waals surface area contributed by atoms with Crippen LogP contribution < -0.4 is 10.2 Å². The lowest BCUT2D eigenvalue weighted by atomic mass is 10.0. The van der Waals surface area contributed by atoms with E-state index in [4.69, 9.17) is 18.6 Å². The fraction of sp³-hybridized carbons (Fsp3) is 0.522. The Kier molecular flexibility index (Phi) is 6.96. The summed E-state index contributed by atoms with van der Waals surface area (Å²) < 4.78 is 21.4. The molecule has 2 saturated heterocycles. The average molecular weight is 459 g/mol. The van der Waals surface area contributed by atoms with Gasteiger partial charge in [0.15, 0.2) is 5.69 Å². The van der Waals surface area contributed by atoms with Crippen molar-refractivity contribution in [2.75, 3.05) is 63.4 Å². The van der Waals surface area contributed by atoms with Crippen LogP contribution in [0.1, 0.15) is 40.3 Å². The predicted molar refractivity (Wildman–Crippen MR) is 121 cm³/mol. The lowest BCUT2D eigenvalue weighted by Gasteiger charge is -2.42. The number of anilines is 2. The van der Waals surface area contributed by atoms with Gasteiger partial charge in [0.25, 0.3) is 11.9 Å². The standard InChI is InChI=1S/C23H30N4O6/c1-23(2)15-32-11-8-27(23)13-16-4-5-18(17(12-16)21(29)30-3)24-20(28)19-14-33-22(25-19)26-6-9-31-10-7-26/h4-5,12,14H,6-11,13,15H2,1-3H3,(H,24,28). The van der Waals surface area contributed by atoms with Crippen LogP contribution in [-0.4, -0.2) is 80.5 Å². The zero-order valence-corrected chi connectivity index (χ0v) is 19.3. The van der Waals surface area contributed by atoms with E-state index in [0.29, 0.717) is 57.8 Å². The molecule has 0 radical (unpaired) electrons. The largest absolute Gasteiger partial charge is 0.465 e. The van der Waals surface area contributed by atoms with Gasteiger partial charge in [-0.1, -0.05) is 6.07 Å². The van der Waals surface area contributed by atoms with Crippen molar-refractivity contribution in [3.8, 4) is 0 Å². The van der Waals surface area contributed by atoms with Gasteiger partial charge >= 0.3 is 5.97 Å². The van der Waals surface area contributed by atoms with E-state index in [1.807, 2.05) is 11.0 Å². The number of ether oxygens (including phenoxy) is 3. The third-order valence-electron chi connectivity index (χ3n) is 5.93. The Morgan fingerprint density at radius 2 is 1.91 bits per heavy atom. The smallest absolute Gasteiger partial charge is 0.339 e. The van der Waals surface area contributed by atoms with Gasteiger partial charge in [-0.3, -0.25) is 9.69 Å². The van der Waals surface area contributed by atoms with Gasteiger partial charge < -0.3 is 28.8 Å². The van der Waals surface area contributed by atoms with Crippen molar-refractivity contribution in [2.45, 2.75) is 25.9 Å². The summed E-state index contributed by atoms with van der Waals surface area (Å²) in [4.78, 5) is 33.8. The number of esters is 1. The Hall–Kier alpha value is -2.95. The number of aromatic nitrogens is 1. The molecule has 0 atom stereocenters. The third-order valence-corrected chi connectivity index (χ3v) is 5.93. The minimum Gasteiger partial charge on any atom is -0.465 e. The lowest BCUT2D eigenvalue weighted by molar-refractivity contribution is -0.0552. The topological polar surface area (TPSA) is 106 Å². The van der Waals surface area contributed by atoms with Crippen LogP contribution in [-0.2, 0) is 20.8 Å². The van der Waals surface area contributed by atoms with Gasteiger partial charge in [0, 0.05) is 31.7 Å². The first-order chi connectivity index (χ1) is 15.9. The van der Waals surface area contributed by atoms with Crippen LogP contribution in [0.5, 0.6) is 0 Å². The Morgan fingerprint density at radius 3 is 2.64 bits per heavy atom. The molecule has 0 unspecified atom stereocenters. The van der Waals surface area contributed by atoms with Crippen molar-refractivity contribution >= 4 is 23.6 Å². The van der Waals surface area contributed by atoms with Crippen LogP contribution in [0.4, 0.5) is 11.7 Å². The second kappa shape index (κ2) is 9.90. The normalized spacial score (nSPS) is 18.7. The molecular formula is C23H30N4O6. The molecule has 0 saturated carbocycles. The summed E-state index contributed by atoms with van der Waals surface area (Å²) in [6.45, 7) is 9.50. The molecule has 2 aliphatic rings. The van der Waals surface area contributed by atoms with Gasteiger partial charge in [0.2, 0.25) is 0 Å². The van der Waals surface area contributed by atoms with Gasteiger partial charge in [0.1, 0.15) is 6.26 Å². The molecule has 1 aromatic heterocycles. The number of methoxy groups -OCH3 is 1. The van der Waals surface area contributed by atoms with E-state index in [1.54, 1.807) is 12.1 Å². The summed E-state index contributed by atoms with van der Waals surface area (Å²) in [5, 5.41) is 2.77. The van der Waals surface area contributed by atoms with Crippen LogP contribution in [0.15, 0.2) is 28.9 Å². The Balaban J connectivity index is 1.50. The Labute approximate surface area is 192 Å². The molecular weight excluding hydrogens is 428 g/mol. The van der Waals surface area contributed by atoms with Crippen LogP contribution in [0.2, 0.25) is 0 Å². The van der Waals surface area contributed by atoms with Crippen LogP contribution >= 0.6 is 0 Å². The van der Waals surface area contributed by atoms with E-state index < -0.39 is 11.9 Å². The van der Waals surface area contributed by atoms with Gasteiger partial charge in [0.05, 0.1) is 44.8 Å². The van der Waals surface area contributed by atoms with E-state index in [-0.39, 0.29) is 16.8 Å². The molecule has 2 aromatic rings. The van der Waals surface area contributed by atoms with Crippen LogP contribution in [0, 0.1) is 0 Å². The van der Waals surface area contributed by atoms with Crippen molar-refractivity contribution in [1.29, 1.82) is 0 Å². The molecule has 10 heteroatoms. The molecule has 1 N–H and O–H groups in total. The summed E-state index contributed by atoms with van der Waals surface area (Å²) in [5.74, 6) is -0.993. The second-order valence-corrected chi connectivity index (χ2v) is 8.73. The van der Waals surface area contributed by atoms with Gasteiger partial charge in [-0.05, 0) is 31.5 Å². The van der Waals surface area contributed by atoms with Gasteiger partial charge in [-0.2, -0.15) is 4.98 Å². The number of carbonyl (C=O) groups excluding carboxylic acids is 2. The van der Waals surface area contributed by atoms with Crippen LogP contribution in [0.3, 0.4) is 0 Å². The third kappa shape index (κ3) is 5.35. The monoisotopic (exact) mass is 458 g/mol. The first-order valence-electron chi connectivity index (χ1n) is 11.0. The van der Waals surface area contributed by atoms with Crippen molar-refractivity contribution < 1.29 is 28.2 Å². The van der Waals surface area contributed by atoms with Crippen molar-refractivity contribution in [3.05, 3.63) is 41.3 Å². The highest BCUT2D eigenvalue weighted by molar-refractivity contribution is 6.07. The molecule has 10 nitrogen and oxygen atoms in total. The minimum atomic E-state index is -0.525. The maximum absolute atomic E-state index is 12.8. The summed E-state index contributed by atoms with van der Waals surface area (Å²) in [5.41, 5.74) is 1.60. The second-order valence-electron chi connectivity index (χ2n) is 8.73. The zero-order chi connectivity index (χ0) is 23.4. The lowest BCUT2D eigenvalue weighted by Crippen LogP contribution is -2.52. The minimum absolute atomic E-state index is 0.109. The molecule has 33 heavy (non-hydrogen) atoms. The van der Waals surface area contributed by atoms with E-state index in [1.165, 1.54) is 13.4 Å². The van der Waals surface area contributed by atoms with Crippen molar-refractivity contribution in [1.82, 2.24) is 9.88 Å². The summed E-state index contributed by atoms with van der Waals surface area (Å²) >= 11 is 0. The van der Waals surface area contributed by atoms with Crippen molar-refractivity contribution in [2.24, 2.45) is 0 Å². The Morgan fingerprint density at radius 1 is 1.15 bits per heavy atom. The van der Waals surface area contributed by atoms with Crippen LogP contribution in [0.25, 0.3) is 0 Å². The average Bonchev–Trinajstić information content (AvgIpc) is 3.32.